The highest BCUT2D eigenvalue weighted by Crippen LogP contribution is 2.29. The third kappa shape index (κ3) is 4.20. The summed E-state index contributed by atoms with van der Waals surface area (Å²) in [6.07, 6.45) is 2.99. The molecule has 8 nitrogen and oxygen atoms in total. The van der Waals surface area contributed by atoms with Crippen molar-refractivity contribution in [2.45, 2.75) is 37.6 Å². The Kier molecular flexibility index (Phi) is 5.79. The van der Waals surface area contributed by atoms with E-state index < -0.39 is 11.8 Å². The number of carbonyl (C=O) groups excluding carboxylic acids is 1. The predicted octanol–water partition coefficient (Wildman–Crippen LogP) is 1.30. The molecule has 2 unspecified atom stereocenters. The fourth-order valence-corrected chi connectivity index (χ4v) is 4.09. The van der Waals surface area contributed by atoms with Crippen molar-refractivity contribution < 1.29 is 13.9 Å². The first-order chi connectivity index (χ1) is 14.5. The number of rotatable bonds is 4. The van der Waals surface area contributed by atoms with Gasteiger partial charge in [-0.25, -0.2) is 4.39 Å². The van der Waals surface area contributed by atoms with Crippen LogP contribution in [0.1, 0.15) is 25.3 Å². The summed E-state index contributed by atoms with van der Waals surface area (Å²) in [7, 11) is 0. The van der Waals surface area contributed by atoms with E-state index in [9.17, 15) is 14.4 Å². The average Bonchev–Trinajstić information content (AvgIpc) is 2.77. The third-order valence-electron chi connectivity index (χ3n) is 5.70. The van der Waals surface area contributed by atoms with Crippen molar-refractivity contribution in [2.75, 3.05) is 37.6 Å². The zero-order chi connectivity index (χ0) is 21.1. The maximum atomic E-state index is 14.8. The summed E-state index contributed by atoms with van der Waals surface area (Å²) in [5.41, 5.74) is 1.02. The Morgan fingerprint density at radius 2 is 2.07 bits per heavy atom. The van der Waals surface area contributed by atoms with Crippen LogP contribution in [0, 0.1) is 11.3 Å². The highest BCUT2D eigenvalue weighted by Gasteiger charge is 2.35. The Morgan fingerprint density at radius 3 is 2.80 bits per heavy atom. The summed E-state index contributed by atoms with van der Waals surface area (Å²) < 4.78 is 20.7. The molecule has 2 aliphatic heterocycles. The first-order valence-electron chi connectivity index (χ1n) is 10.2. The molecule has 0 aliphatic carbocycles. The van der Waals surface area contributed by atoms with Crippen molar-refractivity contribution in [1.29, 1.82) is 5.26 Å². The Hall–Kier alpha value is -2.83. The molecule has 0 spiro atoms. The van der Waals surface area contributed by atoms with E-state index in [2.05, 4.69) is 26.7 Å². The van der Waals surface area contributed by atoms with E-state index in [4.69, 9.17) is 4.74 Å². The number of fused-ring (bicyclic) bond motifs is 1. The van der Waals surface area contributed by atoms with E-state index in [1.165, 1.54) is 0 Å². The number of ether oxygens (including phenoxy) is 1. The number of nitrogens with one attached hydrogen (secondary N) is 2. The number of anilines is 1. The van der Waals surface area contributed by atoms with Gasteiger partial charge in [0.1, 0.15) is 22.8 Å². The van der Waals surface area contributed by atoms with Crippen molar-refractivity contribution in [1.82, 2.24) is 20.6 Å². The molecule has 0 radical (unpaired) electrons. The van der Waals surface area contributed by atoms with Crippen LogP contribution in [0.3, 0.4) is 0 Å². The Labute approximate surface area is 174 Å². The van der Waals surface area contributed by atoms with Gasteiger partial charge >= 0.3 is 0 Å². The van der Waals surface area contributed by atoms with Gasteiger partial charge in [-0.2, -0.15) is 5.26 Å². The molecule has 2 aromatic rings. The average molecular weight is 412 g/mol. The minimum absolute atomic E-state index is 0.00692. The molecular formula is C21H25FN6O2. The van der Waals surface area contributed by atoms with E-state index >= 15 is 0 Å². The molecule has 9 heteroatoms. The molecule has 2 N–H and O–H groups in total. The van der Waals surface area contributed by atoms with E-state index in [1.54, 1.807) is 18.5 Å². The minimum atomic E-state index is -1.38. The first kappa shape index (κ1) is 20.4. The fraction of sp³-hybridized carbons (Fsp3) is 0.524. The smallest absolute Gasteiger partial charge is 0.251 e. The molecule has 158 valence electrons. The topological polar surface area (TPSA) is 103 Å². The lowest BCUT2D eigenvalue weighted by Gasteiger charge is -2.38. The Bertz CT molecular complexity index is 972. The monoisotopic (exact) mass is 412 g/mol. The largest absolute Gasteiger partial charge is 0.364 e. The number of morpholine rings is 1. The van der Waals surface area contributed by atoms with Crippen molar-refractivity contribution >= 4 is 22.6 Å². The predicted molar refractivity (Wildman–Crippen MR) is 110 cm³/mol. The SMILES string of the molecule is CC1CN(c2ccc(C#N)c3nccnc23)CC(C(=O)NCC2(F)CCNCC2)O1. The normalized spacial score (nSPS) is 23.7. The standard InChI is InChI=1S/C21H25FN6O2/c1-14-11-28(16-3-2-15(10-23)18-19(16)26-9-8-25-18)12-17(30-14)20(29)27-13-21(22)4-6-24-7-5-21/h2-3,8-9,14,17,24H,4-7,11-13H2,1H3,(H,27,29). The van der Waals surface area contributed by atoms with Gasteiger partial charge < -0.3 is 20.3 Å². The van der Waals surface area contributed by atoms with E-state index in [-0.39, 0.29) is 18.6 Å². The molecule has 2 aliphatic rings. The molecule has 1 aromatic carbocycles. The summed E-state index contributed by atoms with van der Waals surface area (Å²) in [4.78, 5) is 23.5. The van der Waals surface area contributed by atoms with Gasteiger partial charge in [-0.15, -0.1) is 0 Å². The number of hydrogen-bond acceptors (Lipinski definition) is 7. The van der Waals surface area contributed by atoms with Gasteiger partial charge in [0.2, 0.25) is 0 Å². The number of alkyl halides is 1. The van der Waals surface area contributed by atoms with Crippen molar-refractivity contribution in [2.24, 2.45) is 0 Å². The van der Waals surface area contributed by atoms with E-state index in [0.717, 1.165) is 5.69 Å². The van der Waals surface area contributed by atoms with E-state index in [0.29, 0.717) is 55.6 Å². The van der Waals surface area contributed by atoms with Gasteiger partial charge in [0.05, 0.1) is 30.4 Å². The number of halogens is 1. The zero-order valence-electron chi connectivity index (χ0n) is 16.9. The molecule has 0 bridgehead atoms. The maximum absolute atomic E-state index is 14.8. The molecule has 1 aromatic heterocycles. The minimum Gasteiger partial charge on any atom is -0.364 e. The third-order valence-corrected chi connectivity index (χ3v) is 5.70. The summed E-state index contributed by atoms with van der Waals surface area (Å²) in [6.45, 7) is 4.00. The van der Waals surface area contributed by atoms with Crippen LogP contribution in [0.25, 0.3) is 11.0 Å². The van der Waals surface area contributed by atoms with Crippen molar-refractivity contribution in [3.63, 3.8) is 0 Å². The van der Waals surface area contributed by atoms with Gasteiger partial charge in [0.15, 0.2) is 6.10 Å². The summed E-state index contributed by atoms with van der Waals surface area (Å²) in [5, 5.41) is 15.2. The van der Waals surface area contributed by atoms with Crippen LogP contribution in [0.5, 0.6) is 0 Å². The summed E-state index contributed by atoms with van der Waals surface area (Å²) in [6, 6.07) is 5.68. The van der Waals surface area contributed by atoms with Crippen LogP contribution < -0.4 is 15.5 Å². The fourth-order valence-electron chi connectivity index (χ4n) is 4.09. The second kappa shape index (κ2) is 8.50. The second-order valence-electron chi connectivity index (χ2n) is 7.96. The Morgan fingerprint density at radius 1 is 1.33 bits per heavy atom. The van der Waals surface area contributed by atoms with Crippen LogP contribution in [-0.4, -0.2) is 66.5 Å². The lowest BCUT2D eigenvalue weighted by Crippen LogP contribution is -2.55. The molecule has 3 heterocycles. The van der Waals surface area contributed by atoms with Gasteiger partial charge in [0.25, 0.3) is 5.91 Å². The molecule has 2 fully saturated rings. The molecule has 30 heavy (non-hydrogen) atoms. The number of amides is 1. The zero-order valence-corrected chi connectivity index (χ0v) is 16.9. The van der Waals surface area contributed by atoms with Crippen LogP contribution in [0.2, 0.25) is 0 Å². The van der Waals surface area contributed by atoms with Gasteiger partial charge in [-0.1, -0.05) is 0 Å². The van der Waals surface area contributed by atoms with Crippen molar-refractivity contribution in [3.05, 3.63) is 30.1 Å². The number of nitriles is 1. The van der Waals surface area contributed by atoms with Crippen LogP contribution >= 0.6 is 0 Å². The highest BCUT2D eigenvalue weighted by molar-refractivity contribution is 5.92. The lowest BCUT2D eigenvalue weighted by molar-refractivity contribution is -0.138. The first-order valence-corrected chi connectivity index (χ1v) is 10.2. The van der Waals surface area contributed by atoms with Gasteiger partial charge in [-0.05, 0) is 45.0 Å². The number of nitrogens with zero attached hydrogens (tertiary/aromatic N) is 4. The number of benzene rings is 1. The summed E-state index contributed by atoms with van der Waals surface area (Å²) >= 11 is 0. The molecule has 2 atom stereocenters. The van der Waals surface area contributed by atoms with Crippen LogP contribution in [0.15, 0.2) is 24.5 Å². The molecule has 2 saturated heterocycles. The molecular weight excluding hydrogens is 387 g/mol. The quantitative estimate of drug-likeness (QED) is 0.780. The lowest BCUT2D eigenvalue weighted by atomic mass is 9.94. The van der Waals surface area contributed by atoms with Crippen molar-refractivity contribution in [3.8, 4) is 6.07 Å². The molecule has 1 amide bonds. The van der Waals surface area contributed by atoms with Crippen LogP contribution in [0.4, 0.5) is 10.1 Å². The second-order valence-corrected chi connectivity index (χ2v) is 7.96. The number of carbonyl (C=O) groups is 1. The van der Waals surface area contributed by atoms with E-state index in [1.807, 2.05) is 17.9 Å². The maximum Gasteiger partial charge on any atom is 0.251 e. The number of piperidine rings is 1. The molecule has 0 saturated carbocycles. The highest BCUT2D eigenvalue weighted by atomic mass is 19.1. The van der Waals surface area contributed by atoms with Gasteiger partial charge in [0, 0.05) is 18.9 Å². The number of aromatic nitrogens is 2. The summed E-state index contributed by atoms with van der Waals surface area (Å²) in [5.74, 6) is -0.314. The van der Waals surface area contributed by atoms with Crippen LogP contribution in [-0.2, 0) is 9.53 Å². The number of hydrogen-bond donors (Lipinski definition) is 2. The van der Waals surface area contributed by atoms with Gasteiger partial charge in [-0.3, -0.25) is 14.8 Å². The Balaban J connectivity index is 1.51. The molecule has 4 rings (SSSR count).